The summed E-state index contributed by atoms with van der Waals surface area (Å²) in [5.74, 6) is 0.200. The Bertz CT molecular complexity index is 1090. The predicted molar refractivity (Wildman–Crippen MR) is 115 cm³/mol. The fourth-order valence-corrected chi connectivity index (χ4v) is 3.19. The molecule has 2 aromatic carbocycles. The number of methoxy groups -OCH3 is 2. The molecule has 0 heterocycles. The van der Waals surface area contributed by atoms with Gasteiger partial charge in [-0.05, 0) is 29.3 Å². The molecule has 0 saturated carbocycles. The highest BCUT2D eigenvalue weighted by molar-refractivity contribution is 8.03. The van der Waals surface area contributed by atoms with E-state index in [2.05, 4.69) is 0 Å². The normalized spacial score (nSPS) is 12.1. The van der Waals surface area contributed by atoms with E-state index in [1.54, 1.807) is 6.07 Å². The first kappa shape index (κ1) is 23.4. The summed E-state index contributed by atoms with van der Waals surface area (Å²) in [5, 5.41) is 22.6. The molecule has 1 atom stereocenters. The van der Waals surface area contributed by atoms with Gasteiger partial charge in [-0.2, -0.15) is 0 Å². The minimum Gasteiger partial charge on any atom is -0.490 e. The van der Waals surface area contributed by atoms with E-state index < -0.39 is 25.8 Å². The second-order valence-electron chi connectivity index (χ2n) is 5.96. The average Bonchev–Trinajstić information content (AvgIpc) is 2.76. The van der Waals surface area contributed by atoms with E-state index in [1.165, 1.54) is 62.8 Å². The number of hydrogen-bond acceptors (Lipinski definition) is 8. The molecular weight excluding hydrogens is 428 g/mol. The molecule has 0 saturated heterocycles. The fraction of sp³-hybridized carbons (Fsp3) is 0.150. The van der Waals surface area contributed by atoms with Crippen molar-refractivity contribution in [2.75, 3.05) is 14.2 Å². The SMILES string of the molecule is COc1ccc(C=CS(=O)C(=O)C/C=C/c2ccc(OC)c([N+](=O)[O-])c2)cc1[N+](=O)[O-]. The average molecular weight is 446 g/mol. The molecule has 162 valence electrons. The van der Waals surface area contributed by atoms with Gasteiger partial charge in [-0.25, -0.2) is 4.21 Å². The molecule has 10 nitrogen and oxygen atoms in total. The van der Waals surface area contributed by atoms with Crippen LogP contribution in [0.5, 0.6) is 11.5 Å². The molecule has 0 aliphatic heterocycles. The van der Waals surface area contributed by atoms with Crippen LogP contribution in [0.4, 0.5) is 11.4 Å². The smallest absolute Gasteiger partial charge is 0.311 e. The van der Waals surface area contributed by atoms with E-state index in [9.17, 15) is 29.2 Å². The molecule has 0 amide bonds. The van der Waals surface area contributed by atoms with E-state index in [0.29, 0.717) is 11.1 Å². The molecule has 0 aromatic heterocycles. The summed E-state index contributed by atoms with van der Waals surface area (Å²) >= 11 is 0. The number of nitro benzene ring substituents is 2. The second-order valence-corrected chi connectivity index (χ2v) is 7.28. The molecule has 1 unspecified atom stereocenters. The van der Waals surface area contributed by atoms with Gasteiger partial charge in [0, 0.05) is 24.0 Å². The molecule has 0 fully saturated rings. The first-order chi connectivity index (χ1) is 14.8. The third-order valence-electron chi connectivity index (χ3n) is 4.00. The van der Waals surface area contributed by atoms with Crippen molar-refractivity contribution < 1.29 is 28.3 Å². The number of benzene rings is 2. The number of nitrogens with zero attached hydrogens (tertiary/aromatic N) is 2. The first-order valence-corrected chi connectivity index (χ1v) is 9.91. The number of ether oxygens (including phenoxy) is 2. The van der Waals surface area contributed by atoms with Gasteiger partial charge in [0.15, 0.2) is 11.5 Å². The molecule has 11 heteroatoms. The fourth-order valence-electron chi connectivity index (χ4n) is 2.50. The minimum absolute atomic E-state index is 0.0863. The molecule has 0 bridgehead atoms. The molecule has 0 radical (unpaired) electrons. The van der Waals surface area contributed by atoms with Gasteiger partial charge in [-0.15, -0.1) is 0 Å². The highest BCUT2D eigenvalue weighted by Crippen LogP contribution is 2.29. The molecule has 0 spiro atoms. The van der Waals surface area contributed by atoms with Crippen molar-refractivity contribution in [2.24, 2.45) is 0 Å². The lowest BCUT2D eigenvalue weighted by atomic mass is 10.1. The predicted octanol–water partition coefficient (Wildman–Crippen LogP) is 3.87. The first-order valence-electron chi connectivity index (χ1n) is 8.69. The lowest BCUT2D eigenvalue weighted by molar-refractivity contribution is -0.385. The zero-order valence-corrected chi connectivity index (χ0v) is 17.4. The highest BCUT2D eigenvalue weighted by atomic mass is 32.2. The van der Waals surface area contributed by atoms with Crippen LogP contribution >= 0.6 is 0 Å². The number of allylic oxidation sites excluding steroid dienone is 1. The maximum atomic E-state index is 12.1. The van der Waals surface area contributed by atoms with Crippen molar-refractivity contribution in [2.45, 2.75) is 6.42 Å². The Labute approximate surface area is 179 Å². The van der Waals surface area contributed by atoms with Crippen molar-refractivity contribution in [3.05, 3.63) is 79.2 Å². The van der Waals surface area contributed by atoms with Gasteiger partial charge in [0.2, 0.25) is 5.12 Å². The number of carbonyl (C=O) groups is 1. The van der Waals surface area contributed by atoms with Crippen LogP contribution in [0.2, 0.25) is 0 Å². The summed E-state index contributed by atoms with van der Waals surface area (Å²) < 4.78 is 21.9. The lowest BCUT2D eigenvalue weighted by Gasteiger charge is -2.02. The third kappa shape index (κ3) is 6.31. The molecule has 0 aliphatic rings. The monoisotopic (exact) mass is 446 g/mol. The Morgan fingerprint density at radius 1 is 0.935 bits per heavy atom. The third-order valence-corrected chi connectivity index (χ3v) is 5.00. The van der Waals surface area contributed by atoms with Gasteiger partial charge >= 0.3 is 11.4 Å². The minimum atomic E-state index is -1.96. The lowest BCUT2D eigenvalue weighted by Crippen LogP contribution is -2.02. The van der Waals surface area contributed by atoms with Crippen LogP contribution in [0.15, 0.2) is 47.9 Å². The Morgan fingerprint density at radius 3 is 1.87 bits per heavy atom. The Hall–Kier alpha value is -3.86. The van der Waals surface area contributed by atoms with Gasteiger partial charge in [0.25, 0.3) is 0 Å². The maximum absolute atomic E-state index is 12.1. The van der Waals surface area contributed by atoms with Crippen LogP contribution in [-0.2, 0) is 15.6 Å². The molecule has 2 aromatic rings. The van der Waals surface area contributed by atoms with Crippen LogP contribution in [0.25, 0.3) is 12.2 Å². The number of hydrogen-bond donors (Lipinski definition) is 0. The molecule has 0 N–H and O–H groups in total. The molecule has 0 aliphatic carbocycles. The summed E-state index contributed by atoms with van der Waals surface area (Å²) in [6, 6.07) is 8.50. The highest BCUT2D eigenvalue weighted by Gasteiger charge is 2.15. The Morgan fingerprint density at radius 2 is 1.42 bits per heavy atom. The quantitative estimate of drug-likeness (QED) is 0.418. The summed E-state index contributed by atoms with van der Waals surface area (Å²) in [4.78, 5) is 32.9. The zero-order chi connectivity index (χ0) is 23.0. The number of nitro groups is 2. The summed E-state index contributed by atoms with van der Waals surface area (Å²) in [6.45, 7) is 0. The molecular formula is C20H18N2O8S. The van der Waals surface area contributed by atoms with Crippen LogP contribution in [0.1, 0.15) is 17.5 Å². The summed E-state index contributed by atoms with van der Waals surface area (Å²) in [6.07, 6.45) is 4.12. The maximum Gasteiger partial charge on any atom is 0.311 e. The summed E-state index contributed by atoms with van der Waals surface area (Å²) in [7, 11) is 0.667. The Kier molecular flexibility index (Phi) is 8.15. The van der Waals surface area contributed by atoms with Crippen molar-refractivity contribution in [3.63, 3.8) is 0 Å². The van der Waals surface area contributed by atoms with Gasteiger partial charge in [0.1, 0.15) is 10.8 Å². The van der Waals surface area contributed by atoms with Crippen molar-refractivity contribution in [1.29, 1.82) is 0 Å². The van der Waals surface area contributed by atoms with E-state index in [-0.39, 0.29) is 29.3 Å². The number of carbonyl (C=O) groups excluding carboxylic acids is 1. The van der Waals surface area contributed by atoms with Gasteiger partial charge in [-0.3, -0.25) is 25.0 Å². The van der Waals surface area contributed by atoms with E-state index in [4.69, 9.17) is 9.47 Å². The second kappa shape index (κ2) is 10.8. The van der Waals surface area contributed by atoms with E-state index in [1.807, 2.05) is 0 Å². The van der Waals surface area contributed by atoms with Crippen molar-refractivity contribution >= 4 is 39.4 Å². The zero-order valence-electron chi connectivity index (χ0n) is 16.5. The standard InChI is InChI=1S/C20H18N2O8S/c1-29-18-8-6-14(12-16(18)21(24)25)4-3-5-20(23)31(28)11-10-15-7-9-19(30-2)17(13-15)22(26)27/h3-4,6-13H,5H2,1-2H3/b4-3+,11-10?. The van der Waals surface area contributed by atoms with Crippen molar-refractivity contribution in [3.8, 4) is 11.5 Å². The molecule has 2 rings (SSSR count). The van der Waals surface area contributed by atoms with Gasteiger partial charge < -0.3 is 9.47 Å². The van der Waals surface area contributed by atoms with Gasteiger partial charge in [-0.1, -0.05) is 24.3 Å². The van der Waals surface area contributed by atoms with Crippen molar-refractivity contribution in [1.82, 2.24) is 0 Å². The van der Waals surface area contributed by atoms with E-state index in [0.717, 1.165) is 5.41 Å². The summed E-state index contributed by atoms with van der Waals surface area (Å²) in [5.41, 5.74) is 0.399. The van der Waals surface area contributed by atoms with Crippen LogP contribution < -0.4 is 9.47 Å². The largest absolute Gasteiger partial charge is 0.490 e. The van der Waals surface area contributed by atoms with Crippen LogP contribution in [0.3, 0.4) is 0 Å². The number of rotatable bonds is 9. The van der Waals surface area contributed by atoms with Crippen LogP contribution in [0, 0.1) is 20.2 Å². The molecule has 31 heavy (non-hydrogen) atoms. The van der Waals surface area contributed by atoms with E-state index >= 15 is 0 Å². The van der Waals surface area contributed by atoms with Crippen LogP contribution in [-0.4, -0.2) is 33.4 Å². The Balaban J connectivity index is 2.04. The van der Waals surface area contributed by atoms with Gasteiger partial charge in [0.05, 0.1) is 24.1 Å². The topological polar surface area (TPSA) is 139 Å².